The molecular formula is C21H27F2N3O. The normalized spacial score (nSPS) is 18.3. The summed E-state index contributed by atoms with van der Waals surface area (Å²) in [6.45, 7) is 3.78. The first-order chi connectivity index (χ1) is 13.2. The Labute approximate surface area is 158 Å². The van der Waals surface area contributed by atoms with E-state index in [-0.39, 0.29) is 5.82 Å². The van der Waals surface area contributed by atoms with Gasteiger partial charge in [0.05, 0.1) is 5.52 Å². The molecule has 3 heterocycles. The molecule has 0 unspecified atom stereocenters. The van der Waals surface area contributed by atoms with E-state index in [0.29, 0.717) is 12.3 Å². The van der Waals surface area contributed by atoms with Crippen LogP contribution in [0.1, 0.15) is 43.4 Å². The predicted octanol–water partition coefficient (Wildman–Crippen LogP) is 3.86. The highest BCUT2D eigenvalue weighted by Gasteiger charge is 2.24. The summed E-state index contributed by atoms with van der Waals surface area (Å²) in [4.78, 5) is 16.2. The topological polar surface area (TPSA) is 28.5 Å². The molecule has 0 saturated carbocycles. The number of carbonyl (C=O) groups excluding carboxylic acids is 1. The van der Waals surface area contributed by atoms with Gasteiger partial charge in [0.1, 0.15) is 5.82 Å². The predicted molar refractivity (Wildman–Crippen MR) is 102 cm³/mol. The number of rotatable bonds is 6. The number of halogens is 2. The smallest absolute Gasteiger partial charge is 0.222 e. The number of carbonyl (C=O) groups is 1. The summed E-state index contributed by atoms with van der Waals surface area (Å²) in [6, 6.07) is 4.62. The van der Waals surface area contributed by atoms with Crippen molar-refractivity contribution >= 4 is 16.8 Å². The highest BCUT2D eigenvalue weighted by Crippen LogP contribution is 2.31. The Hall–Kier alpha value is -1.95. The lowest BCUT2D eigenvalue weighted by molar-refractivity contribution is -0.133. The van der Waals surface area contributed by atoms with Gasteiger partial charge >= 0.3 is 0 Å². The van der Waals surface area contributed by atoms with E-state index in [4.69, 9.17) is 0 Å². The fourth-order valence-electron chi connectivity index (χ4n) is 4.54. The van der Waals surface area contributed by atoms with Gasteiger partial charge in [-0.2, -0.15) is 0 Å². The first-order valence-electron chi connectivity index (χ1n) is 10.0. The number of piperidine rings is 1. The lowest BCUT2D eigenvalue weighted by atomic mass is 10.0. The lowest BCUT2D eigenvalue weighted by Crippen LogP contribution is -2.36. The van der Waals surface area contributed by atoms with Gasteiger partial charge < -0.3 is 9.47 Å². The van der Waals surface area contributed by atoms with E-state index < -0.39 is 6.80 Å². The van der Waals surface area contributed by atoms with Gasteiger partial charge in [0, 0.05) is 50.1 Å². The molecule has 0 radical (unpaired) electrons. The Morgan fingerprint density at radius 3 is 2.70 bits per heavy atom. The largest absolute Gasteiger partial charge is 0.343 e. The second kappa shape index (κ2) is 7.97. The number of benzene rings is 1. The van der Waals surface area contributed by atoms with Crippen LogP contribution in [0.4, 0.5) is 8.78 Å². The van der Waals surface area contributed by atoms with Gasteiger partial charge in [-0.25, -0.2) is 8.78 Å². The number of unbranched alkanes of at least 4 members (excludes halogenated alkanes) is 1. The van der Waals surface area contributed by atoms with Crippen molar-refractivity contribution in [3.05, 3.63) is 35.3 Å². The van der Waals surface area contributed by atoms with Crippen LogP contribution >= 0.6 is 0 Å². The van der Waals surface area contributed by atoms with Crippen LogP contribution in [-0.4, -0.2) is 46.5 Å². The molecule has 2 aliphatic heterocycles. The molecule has 0 spiro atoms. The molecule has 27 heavy (non-hydrogen) atoms. The second-order valence-electron chi connectivity index (χ2n) is 7.71. The molecule has 1 aromatic carbocycles. The second-order valence-corrected chi connectivity index (χ2v) is 7.71. The average molecular weight is 375 g/mol. The summed E-state index contributed by atoms with van der Waals surface area (Å²) in [5.41, 5.74) is 2.86. The van der Waals surface area contributed by atoms with Crippen LogP contribution in [0.25, 0.3) is 10.9 Å². The molecule has 1 fully saturated rings. The number of fused-ring (bicyclic) bond motifs is 3. The van der Waals surface area contributed by atoms with Crippen LogP contribution in [0.15, 0.2) is 18.2 Å². The van der Waals surface area contributed by atoms with Crippen LogP contribution in [0.3, 0.4) is 0 Å². The molecule has 4 rings (SSSR count). The minimum Gasteiger partial charge on any atom is -0.343 e. The summed E-state index contributed by atoms with van der Waals surface area (Å²) in [6.07, 6.45) is 5.68. The van der Waals surface area contributed by atoms with Crippen molar-refractivity contribution in [2.24, 2.45) is 0 Å². The van der Waals surface area contributed by atoms with Gasteiger partial charge in [0.15, 0.2) is 6.80 Å². The molecule has 146 valence electrons. The molecule has 1 saturated heterocycles. The summed E-state index contributed by atoms with van der Waals surface area (Å²) in [5, 5.41) is 0.839. The first kappa shape index (κ1) is 18.4. The van der Waals surface area contributed by atoms with Crippen molar-refractivity contribution < 1.29 is 13.6 Å². The quantitative estimate of drug-likeness (QED) is 0.718. The maximum absolute atomic E-state index is 13.7. The van der Waals surface area contributed by atoms with E-state index in [1.165, 1.54) is 12.1 Å². The van der Waals surface area contributed by atoms with Gasteiger partial charge in [-0.3, -0.25) is 9.69 Å². The van der Waals surface area contributed by atoms with E-state index in [0.717, 1.165) is 87.0 Å². The molecule has 1 aromatic heterocycles. The molecule has 6 heteroatoms. The summed E-state index contributed by atoms with van der Waals surface area (Å²) >= 11 is 0. The number of amides is 1. The monoisotopic (exact) mass is 375 g/mol. The fraction of sp³-hybridized carbons (Fsp3) is 0.571. The van der Waals surface area contributed by atoms with Gasteiger partial charge in [-0.05, 0) is 56.0 Å². The highest BCUT2D eigenvalue weighted by molar-refractivity contribution is 5.86. The number of hydrogen-bond donors (Lipinski definition) is 0. The van der Waals surface area contributed by atoms with Crippen molar-refractivity contribution in [1.82, 2.24) is 14.4 Å². The molecule has 1 amide bonds. The minimum atomic E-state index is -0.568. The maximum atomic E-state index is 13.7. The summed E-state index contributed by atoms with van der Waals surface area (Å²) in [5.74, 6) is 0.0227. The molecular weight excluding hydrogens is 348 g/mol. The molecule has 0 bridgehead atoms. The molecule has 4 nitrogen and oxygen atoms in total. The lowest BCUT2D eigenvalue weighted by Gasteiger charge is -2.29. The Balaban J connectivity index is 1.37. The van der Waals surface area contributed by atoms with Crippen LogP contribution in [0, 0.1) is 5.82 Å². The zero-order valence-electron chi connectivity index (χ0n) is 15.7. The SMILES string of the molecule is O=C1CCCCN1CCCCN1CCc2c(c3cc(F)ccc3n2CF)C1. The van der Waals surface area contributed by atoms with E-state index in [1.54, 1.807) is 10.6 Å². The van der Waals surface area contributed by atoms with Crippen molar-refractivity contribution in [2.75, 3.05) is 26.2 Å². The zero-order valence-corrected chi connectivity index (χ0v) is 15.7. The number of aromatic nitrogens is 1. The van der Waals surface area contributed by atoms with Crippen molar-refractivity contribution in [2.45, 2.75) is 51.9 Å². The van der Waals surface area contributed by atoms with Gasteiger partial charge in [0.2, 0.25) is 5.91 Å². The number of alkyl halides is 1. The van der Waals surface area contributed by atoms with E-state index in [2.05, 4.69) is 4.90 Å². The third kappa shape index (κ3) is 3.72. The Kier molecular flexibility index (Phi) is 5.43. The third-order valence-corrected chi connectivity index (χ3v) is 5.99. The van der Waals surface area contributed by atoms with E-state index in [9.17, 15) is 13.6 Å². The molecule has 0 N–H and O–H groups in total. The third-order valence-electron chi connectivity index (χ3n) is 5.99. The maximum Gasteiger partial charge on any atom is 0.222 e. The van der Waals surface area contributed by atoms with E-state index in [1.807, 2.05) is 4.90 Å². The van der Waals surface area contributed by atoms with Crippen LogP contribution in [0.5, 0.6) is 0 Å². The van der Waals surface area contributed by atoms with Crippen molar-refractivity contribution in [1.29, 1.82) is 0 Å². The number of hydrogen-bond acceptors (Lipinski definition) is 2. The zero-order chi connectivity index (χ0) is 18.8. The van der Waals surface area contributed by atoms with E-state index >= 15 is 0 Å². The fourth-order valence-corrected chi connectivity index (χ4v) is 4.54. The molecule has 0 atom stereocenters. The van der Waals surface area contributed by atoms with Gasteiger partial charge in [0.25, 0.3) is 0 Å². The number of likely N-dealkylation sites (tertiary alicyclic amines) is 1. The molecule has 2 aliphatic rings. The highest BCUT2D eigenvalue weighted by atomic mass is 19.1. The van der Waals surface area contributed by atoms with Crippen LogP contribution in [-0.2, 0) is 24.6 Å². The minimum absolute atomic E-state index is 0.273. The van der Waals surface area contributed by atoms with Gasteiger partial charge in [-0.1, -0.05) is 0 Å². The van der Waals surface area contributed by atoms with Crippen LogP contribution < -0.4 is 0 Å². The Bertz CT molecular complexity index is 832. The Morgan fingerprint density at radius 1 is 1.04 bits per heavy atom. The van der Waals surface area contributed by atoms with Crippen molar-refractivity contribution in [3.8, 4) is 0 Å². The molecule has 0 aliphatic carbocycles. The van der Waals surface area contributed by atoms with Gasteiger partial charge in [-0.15, -0.1) is 0 Å². The number of nitrogens with zero attached hydrogens (tertiary/aromatic N) is 3. The van der Waals surface area contributed by atoms with Crippen molar-refractivity contribution in [3.63, 3.8) is 0 Å². The summed E-state index contributed by atoms with van der Waals surface area (Å²) < 4.78 is 29.0. The average Bonchev–Trinajstić information content (AvgIpc) is 2.99. The Morgan fingerprint density at radius 2 is 1.89 bits per heavy atom. The first-order valence-corrected chi connectivity index (χ1v) is 10.0. The summed E-state index contributed by atoms with van der Waals surface area (Å²) in [7, 11) is 0. The van der Waals surface area contributed by atoms with Crippen LogP contribution in [0.2, 0.25) is 0 Å². The standard InChI is InChI=1S/C21H27F2N3O/c22-15-26-19-7-6-16(23)13-17(19)18-14-24(12-8-20(18)26)9-3-4-11-25-10-2-1-5-21(25)27/h6-7,13H,1-5,8-12,14-15H2. The molecule has 2 aromatic rings.